The average molecular weight is 334 g/mol. The second-order valence-corrected chi connectivity index (χ2v) is 5.58. The Hall–Kier alpha value is -3.01. The molecular weight excluding hydrogens is 312 g/mol. The molecular formula is C21H22N2O2. The van der Waals surface area contributed by atoms with E-state index in [0.717, 1.165) is 34.7 Å². The standard InChI is InChI=1S/C21H22N2O2/c1-3-22-17-11-12-18(19-10-7-13-23-21(19)24-2)20(14-17)25-15-16-8-5-4-6-9-16/h4-14,22H,3,15H2,1-2H3. The number of nitrogens with one attached hydrogen (secondary N) is 1. The second kappa shape index (κ2) is 8.20. The van der Waals surface area contributed by atoms with Crippen LogP contribution in [0.4, 0.5) is 5.69 Å². The van der Waals surface area contributed by atoms with Crippen LogP contribution in [0.25, 0.3) is 11.1 Å². The minimum absolute atomic E-state index is 0.506. The fourth-order valence-electron chi connectivity index (χ4n) is 2.67. The number of rotatable bonds is 7. The molecule has 0 amide bonds. The molecule has 0 fully saturated rings. The van der Waals surface area contributed by atoms with E-state index in [2.05, 4.69) is 29.4 Å². The number of hydrogen-bond acceptors (Lipinski definition) is 4. The zero-order valence-electron chi connectivity index (χ0n) is 14.5. The van der Waals surface area contributed by atoms with Gasteiger partial charge in [0, 0.05) is 35.6 Å². The van der Waals surface area contributed by atoms with Crippen molar-refractivity contribution in [2.45, 2.75) is 13.5 Å². The highest BCUT2D eigenvalue weighted by Crippen LogP contribution is 2.37. The lowest BCUT2D eigenvalue weighted by atomic mass is 10.1. The lowest BCUT2D eigenvalue weighted by Crippen LogP contribution is -2.01. The van der Waals surface area contributed by atoms with E-state index >= 15 is 0 Å². The van der Waals surface area contributed by atoms with Gasteiger partial charge in [0.2, 0.25) is 5.88 Å². The first-order valence-electron chi connectivity index (χ1n) is 8.36. The Morgan fingerprint density at radius 1 is 0.960 bits per heavy atom. The molecule has 0 saturated carbocycles. The number of anilines is 1. The molecule has 0 radical (unpaired) electrons. The first kappa shape index (κ1) is 16.8. The maximum absolute atomic E-state index is 6.14. The largest absolute Gasteiger partial charge is 0.488 e. The predicted octanol–water partition coefficient (Wildman–Crippen LogP) is 4.77. The number of methoxy groups -OCH3 is 1. The van der Waals surface area contributed by atoms with E-state index < -0.39 is 0 Å². The lowest BCUT2D eigenvalue weighted by Gasteiger charge is -2.15. The van der Waals surface area contributed by atoms with Gasteiger partial charge in [-0.25, -0.2) is 4.98 Å². The molecule has 4 heteroatoms. The molecule has 1 heterocycles. The van der Waals surface area contributed by atoms with Crippen molar-refractivity contribution in [2.24, 2.45) is 0 Å². The monoisotopic (exact) mass is 334 g/mol. The summed E-state index contributed by atoms with van der Waals surface area (Å²) in [5.41, 5.74) is 4.02. The summed E-state index contributed by atoms with van der Waals surface area (Å²) in [4.78, 5) is 4.30. The molecule has 2 aromatic carbocycles. The summed E-state index contributed by atoms with van der Waals surface area (Å²) >= 11 is 0. The van der Waals surface area contributed by atoms with E-state index in [0.29, 0.717) is 12.5 Å². The maximum atomic E-state index is 6.14. The molecule has 0 aliphatic rings. The number of ether oxygens (including phenoxy) is 2. The molecule has 4 nitrogen and oxygen atoms in total. The summed E-state index contributed by atoms with van der Waals surface area (Å²) in [5.74, 6) is 1.39. The Kier molecular flexibility index (Phi) is 5.52. The third kappa shape index (κ3) is 4.10. The Morgan fingerprint density at radius 3 is 2.56 bits per heavy atom. The molecule has 0 saturated heterocycles. The van der Waals surface area contributed by atoms with Crippen LogP contribution in [0.2, 0.25) is 0 Å². The second-order valence-electron chi connectivity index (χ2n) is 5.58. The van der Waals surface area contributed by atoms with E-state index in [9.17, 15) is 0 Å². The normalized spacial score (nSPS) is 10.3. The van der Waals surface area contributed by atoms with Crippen LogP contribution in [-0.2, 0) is 6.61 Å². The summed E-state index contributed by atoms with van der Waals surface area (Å²) in [5, 5.41) is 3.33. The van der Waals surface area contributed by atoms with Gasteiger partial charge in [0.1, 0.15) is 12.4 Å². The smallest absolute Gasteiger partial charge is 0.221 e. The van der Waals surface area contributed by atoms with Crippen LogP contribution in [0.15, 0.2) is 66.9 Å². The molecule has 1 N–H and O–H groups in total. The van der Waals surface area contributed by atoms with Crippen LogP contribution >= 0.6 is 0 Å². The summed E-state index contributed by atoms with van der Waals surface area (Å²) < 4.78 is 11.6. The van der Waals surface area contributed by atoms with Crippen LogP contribution in [0.3, 0.4) is 0 Å². The third-order valence-electron chi connectivity index (χ3n) is 3.85. The molecule has 0 aliphatic heterocycles. The topological polar surface area (TPSA) is 43.4 Å². The molecule has 128 valence electrons. The van der Waals surface area contributed by atoms with Crippen LogP contribution < -0.4 is 14.8 Å². The molecule has 0 atom stereocenters. The fourth-order valence-corrected chi connectivity index (χ4v) is 2.67. The Bertz CT molecular complexity index is 819. The molecule has 0 spiro atoms. The van der Waals surface area contributed by atoms with Crippen molar-refractivity contribution in [2.75, 3.05) is 19.0 Å². The molecule has 3 rings (SSSR count). The number of pyridine rings is 1. The molecule has 0 unspecified atom stereocenters. The third-order valence-corrected chi connectivity index (χ3v) is 3.85. The number of hydrogen-bond donors (Lipinski definition) is 1. The summed E-state index contributed by atoms with van der Waals surface area (Å²) in [6, 6.07) is 20.1. The van der Waals surface area contributed by atoms with Crippen LogP contribution in [0.5, 0.6) is 11.6 Å². The highest BCUT2D eigenvalue weighted by atomic mass is 16.5. The van der Waals surface area contributed by atoms with Gasteiger partial charge < -0.3 is 14.8 Å². The highest BCUT2D eigenvalue weighted by Gasteiger charge is 2.13. The fraction of sp³-hybridized carbons (Fsp3) is 0.190. The number of nitrogens with zero attached hydrogens (tertiary/aromatic N) is 1. The number of aromatic nitrogens is 1. The van der Waals surface area contributed by atoms with Gasteiger partial charge in [-0.15, -0.1) is 0 Å². The van der Waals surface area contributed by atoms with E-state index in [4.69, 9.17) is 9.47 Å². The SMILES string of the molecule is CCNc1ccc(-c2cccnc2OC)c(OCc2ccccc2)c1. The zero-order chi connectivity index (χ0) is 17.5. The van der Waals surface area contributed by atoms with Crippen molar-refractivity contribution in [1.29, 1.82) is 0 Å². The molecule has 1 aromatic heterocycles. The average Bonchev–Trinajstić information content (AvgIpc) is 2.67. The van der Waals surface area contributed by atoms with Crippen LogP contribution in [-0.4, -0.2) is 18.6 Å². The van der Waals surface area contributed by atoms with Gasteiger partial charge in [-0.05, 0) is 36.8 Å². The van der Waals surface area contributed by atoms with Crippen LogP contribution in [0.1, 0.15) is 12.5 Å². The van der Waals surface area contributed by atoms with E-state index in [-0.39, 0.29) is 0 Å². The quantitative estimate of drug-likeness (QED) is 0.676. The Balaban J connectivity index is 1.96. The van der Waals surface area contributed by atoms with Crippen molar-refractivity contribution in [3.05, 3.63) is 72.4 Å². The minimum atomic E-state index is 0.506. The van der Waals surface area contributed by atoms with Gasteiger partial charge in [0.25, 0.3) is 0 Å². The Morgan fingerprint density at radius 2 is 1.80 bits per heavy atom. The van der Waals surface area contributed by atoms with Gasteiger partial charge in [-0.1, -0.05) is 30.3 Å². The van der Waals surface area contributed by atoms with E-state index in [1.54, 1.807) is 13.3 Å². The predicted molar refractivity (Wildman–Crippen MR) is 101 cm³/mol. The van der Waals surface area contributed by atoms with Crippen LogP contribution in [0, 0.1) is 0 Å². The summed E-state index contributed by atoms with van der Waals surface area (Å²) in [6.45, 7) is 3.43. The van der Waals surface area contributed by atoms with Gasteiger partial charge in [0.05, 0.1) is 7.11 Å². The molecule has 25 heavy (non-hydrogen) atoms. The van der Waals surface area contributed by atoms with Crippen molar-refractivity contribution >= 4 is 5.69 Å². The first-order chi connectivity index (χ1) is 12.3. The number of benzene rings is 2. The minimum Gasteiger partial charge on any atom is -0.488 e. The molecule has 0 bridgehead atoms. The summed E-state index contributed by atoms with van der Waals surface area (Å²) in [6.07, 6.45) is 1.72. The lowest BCUT2D eigenvalue weighted by molar-refractivity contribution is 0.307. The summed E-state index contributed by atoms with van der Waals surface area (Å²) in [7, 11) is 1.63. The van der Waals surface area contributed by atoms with Crippen molar-refractivity contribution in [1.82, 2.24) is 4.98 Å². The van der Waals surface area contributed by atoms with Crippen molar-refractivity contribution in [3.8, 4) is 22.8 Å². The van der Waals surface area contributed by atoms with Gasteiger partial charge in [-0.3, -0.25) is 0 Å². The van der Waals surface area contributed by atoms with Crippen molar-refractivity contribution < 1.29 is 9.47 Å². The molecule has 0 aliphatic carbocycles. The Labute approximate surface area is 148 Å². The van der Waals surface area contributed by atoms with Gasteiger partial charge in [-0.2, -0.15) is 0 Å². The maximum Gasteiger partial charge on any atom is 0.221 e. The zero-order valence-corrected chi connectivity index (χ0v) is 14.5. The van der Waals surface area contributed by atoms with Crippen molar-refractivity contribution in [3.63, 3.8) is 0 Å². The van der Waals surface area contributed by atoms with Gasteiger partial charge in [0.15, 0.2) is 0 Å². The molecule has 3 aromatic rings. The first-order valence-corrected chi connectivity index (χ1v) is 8.36. The highest BCUT2D eigenvalue weighted by molar-refractivity contribution is 5.76. The van der Waals surface area contributed by atoms with Gasteiger partial charge >= 0.3 is 0 Å². The van der Waals surface area contributed by atoms with E-state index in [1.165, 1.54) is 0 Å². The van der Waals surface area contributed by atoms with E-state index in [1.807, 2.05) is 48.5 Å².